The van der Waals surface area contributed by atoms with Crippen molar-refractivity contribution in [1.82, 2.24) is 5.32 Å². The number of hydrogen-bond acceptors (Lipinski definition) is 4. The number of nitrogens with two attached hydrogens (primary N) is 1. The van der Waals surface area contributed by atoms with E-state index in [2.05, 4.69) is 5.32 Å². The molecule has 18 heavy (non-hydrogen) atoms. The second kappa shape index (κ2) is 5.85. The summed E-state index contributed by atoms with van der Waals surface area (Å²) >= 11 is 0. The van der Waals surface area contributed by atoms with Crippen LogP contribution in [0.2, 0.25) is 0 Å². The van der Waals surface area contributed by atoms with Gasteiger partial charge in [-0.05, 0) is 19.4 Å². The number of furan rings is 1. The fourth-order valence-electron chi connectivity index (χ4n) is 1.35. The number of carboxylic acids is 1. The predicted octanol–water partition coefficient (Wildman–Crippen LogP) is 0.0365. The van der Waals surface area contributed by atoms with Gasteiger partial charge in [0.1, 0.15) is 18.1 Å². The zero-order valence-electron chi connectivity index (χ0n) is 9.80. The van der Waals surface area contributed by atoms with Gasteiger partial charge in [0.25, 0.3) is 5.91 Å². The van der Waals surface area contributed by atoms with Crippen molar-refractivity contribution < 1.29 is 23.9 Å². The maximum atomic E-state index is 11.7. The zero-order valence-corrected chi connectivity index (χ0v) is 9.80. The Morgan fingerprint density at radius 2 is 2.17 bits per heavy atom. The number of hydrogen-bond donors (Lipinski definition) is 3. The fourth-order valence-corrected chi connectivity index (χ4v) is 1.35. The fraction of sp³-hybridized carbons (Fsp3) is 0.364. The molecule has 1 atom stereocenters. The van der Waals surface area contributed by atoms with Gasteiger partial charge in [-0.15, -0.1) is 0 Å². The summed E-state index contributed by atoms with van der Waals surface area (Å²) in [4.78, 5) is 33.1. The van der Waals surface area contributed by atoms with Gasteiger partial charge in [0.05, 0.1) is 5.56 Å². The van der Waals surface area contributed by atoms with Crippen molar-refractivity contribution in [1.29, 1.82) is 0 Å². The first-order chi connectivity index (χ1) is 8.40. The predicted molar refractivity (Wildman–Crippen MR) is 60.8 cm³/mol. The van der Waals surface area contributed by atoms with E-state index in [0.29, 0.717) is 5.76 Å². The minimum absolute atomic E-state index is 0.0484. The normalized spacial score (nSPS) is 11.8. The summed E-state index contributed by atoms with van der Waals surface area (Å²) in [6.07, 6.45) is 1.08. The second-order valence-corrected chi connectivity index (χ2v) is 3.82. The number of aliphatic carboxylic acids is 1. The number of carbonyl (C=O) groups excluding carboxylic acids is 2. The third-order valence-corrected chi connectivity index (χ3v) is 2.28. The number of carbonyl (C=O) groups is 3. The lowest BCUT2D eigenvalue weighted by Crippen LogP contribution is -2.41. The van der Waals surface area contributed by atoms with Gasteiger partial charge in [-0.2, -0.15) is 0 Å². The van der Waals surface area contributed by atoms with Gasteiger partial charge >= 0.3 is 5.97 Å². The average Bonchev–Trinajstić information content (AvgIpc) is 2.70. The van der Waals surface area contributed by atoms with E-state index in [1.54, 1.807) is 6.92 Å². The number of amides is 2. The molecule has 7 nitrogen and oxygen atoms in total. The highest BCUT2D eigenvalue weighted by atomic mass is 16.4. The molecule has 98 valence electrons. The van der Waals surface area contributed by atoms with Crippen molar-refractivity contribution in [3.05, 3.63) is 23.7 Å². The van der Waals surface area contributed by atoms with Gasteiger partial charge in [0.15, 0.2) is 0 Å². The van der Waals surface area contributed by atoms with Gasteiger partial charge in [-0.25, -0.2) is 4.79 Å². The number of rotatable bonds is 6. The minimum Gasteiger partial charge on any atom is -0.480 e. The molecule has 1 aromatic rings. The third-order valence-electron chi connectivity index (χ3n) is 2.28. The molecule has 0 radical (unpaired) electrons. The SMILES string of the molecule is Cc1cc(C(=O)N[C@H](CCC(N)=O)C(=O)O)co1. The maximum Gasteiger partial charge on any atom is 0.326 e. The Morgan fingerprint density at radius 3 is 2.61 bits per heavy atom. The molecule has 0 aliphatic rings. The van der Waals surface area contributed by atoms with E-state index >= 15 is 0 Å². The van der Waals surface area contributed by atoms with Crippen molar-refractivity contribution >= 4 is 17.8 Å². The summed E-state index contributed by atoms with van der Waals surface area (Å²) in [5, 5.41) is 11.2. The Bertz CT molecular complexity index is 466. The van der Waals surface area contributed by atoms with Gasteiger partial charge < -0.3 is 20.6 Å². The third kappa shape index (κ3) is 3.93. The average molecular weight is 254 g/mol. The topological polar surface area (TPSA) is 123 Å². The van der Waals surface area contributed by atoms with E-state index in [9.17, 15) is 14.4 Å². The molecule has 0 aliphatic carbocycles. The molecule has 4 N–H and O–H groups in total. The zero-order chi connectivity index (χ0) is 13.7. The lowest BCUT2D eigenvalue weighted by Gasteiger charge is -2.12. The first-order valence-electron chi connectivity index (χ1n) is 5.27. The van der Waals surface area contributed by atoms with Crippen LogP contribution in [-0.4, -0.2) is 28.9 Å². The minimum atomic E-state index is -1.22. The molecule has 0 spiro atoms. The van der Waals surface area contributed by atoms with Crippen LogP contribution in [0.1, 0.15) is 29.0 Å². The molecular formula is C11H14N2O5. The van der Waals surface area contributed by atoms with Crippen LogP contribution in [0, 0.1) is 6.92 Å². The van der Waals surface area contributed by atoms with Crippen LogP contribution in [-0.2, 0) is 9.59 Å². The molecule has 1 heterocycles. The van der Waals surface area contributed by atoms with E-state index in [4.69, 9.17) is 15.3 Å². The highest BCUT2D eigenvalue weighted by Crippen LogP contribution is 2.07. The summed E-state index contributed by atoms with van der Waals surface area (Å²) in [6, 6.07) is 0.336. The molecule has 0 bridgehead atoms. The maximum absolute atomic E-state index is 11.7. The second-order valence-electron chi connectivity index (χ2n) is 3.82. The van der Waals surface area contributed by atoms with Crippen molar-refractivity contribution in [3.63, 3.8) is 0 Å². The standard InChI is InChI=1S/C11H14N2O5/c1-6-4-7(5-18-6)10(15)13-8(11(16)17)2-3-9(12)14/h4-5,8H,2-3H2,1H3,(H2,12,14)(H,13,15)(H,16,17)/t8-/m1/s1. The molecule has 0 aromatic carbocycles. The van der Waals surface area contributed by atoms with Crippen LogP contribution >= 0.6 is 0 Å². The Hall–Kier alpha value is -2.31. The van der Waals surface area contributed by atoms with Gasteiger partial charge in [0.2, 0.25) is 5.91 Å². The molecule has 0 aliphatic heterocycles. The van der Waals surface area contributed by atoms with Crippen molar-refractivity contribution in [3.8, 4) is 0 Å². The van der Waals surface area contributed by atoms with E-state index in [1.165, 1.54) is 12.3 Å². The summed E-state index contributed by atoms with van der Waals surface area (Å²) in [7, 11) is 0. The Morgan fingerprint density at radius 1 is 1.50 bits per heavy atom. The summed E-state index contributed by atoms with van der Waals surface area (Å²) in [5.74, 6) is -1.85. The number of primary amides is 1. The molecule has 1 aromatic heterocycles. The van der Waals surface area contributed by atoms with Crippen LogP contribution < -0.4 is 11.1 Å². The van der Waals surface area contributed by atoms with E-state index in [0.717, 1.165) is 0 Å². The summed E-state index contributed by atoms with van der Waals surface area (Å²) in [5.41, 5.74) is 5.16. The molecule has 0 saturated heterocycles. The molecule has 2 amide bonds. The van der Waals surface area contributed by atoms with Crippen LogP contribution in [0.3, 0.4) is 0 Å². The van der Waals surface area contributed by atoms with Crippen LogP contribution in [0.15, 0.2) is 16.7 Å². The molecule has 0 fully saturated rings. The summed E-state index contributed by atoms with van der Waals surface area (Å²) < 4.78 is 4.94. The van der Waals surface area contributed by atoms with Crippen molar-refractivity contribution in [2.24, 2.45) is 5.73 Å². The lowest BCUT2D eigenvalue weighted by molar-refractivity contribution is -0.139. The first-order valence-corrected chi connectivity index (χ1v) is 5.27. The molecule has 7 heteroatoms. The Kier molecular flexibility index (Phi) is 4.47. The van der Waals surface area contributed by atoms with Crippen LogP contribution in [0.4, 0.5) is 0 Å². The largest absolute Gasteiger partial charge is 0.480 e. The summed E-state index contributed by atoms with van der Waals surface area (Å²) in [6.45, 7) is 1.67. The van der Waals surface area contributed by atoms with Crippen molar-refractivity contribution in [2.75, 3.05) is 0 Å². The quantitative estimate of drug-likeness (QED) is 0.661. The smallest absolute Gasteiger partial charge is 0.326 e. The Labute approximate surface area is 103 Å². The monoisotopic (exact) mass is 254 g/mol. The van der Waals surface area contributed by atoms with E-state index < -0.39 is 23.8 Å². The highest BCUT2D eigenvalue weighted by Gasteiger charge is 2.21. The van der Waals surface area contributed by atoms with Crippen molar-refractivity contribution in [2.45, 2.75) is 25.8 Å². The van der Waals surface area contributed by atoms with Crippen LogP contribution in [0.25, 0.3) is 0 Å². The van der Waals surface area contributed by atoms with E-state index in [1.807, 2.05) is 0 Å². The molecule has 0 saturated carbocycles. The van der Waals surface area contributed by atoms with Crippen LogP contribution in [0.5, 0.6) is 0 Å². The first kappa shape index (κ1) is 13.8. The molecular weight excluding hydrogens is 240 g/mol. The Balaban J connectivity index is 2.63. The van der Waals surface area contributed by atoms with Gasteiger partial charge in [0, 0.05) is 6.42 Å². The highest BCUT2D eigenvalue weighted by molar-refractivity contribution is 5.96. The van der Waals surface area contributed by atoms with E-state index in [-0.39, 0.29) is 18.4 Å². The van der Waals surface area contributed by atoms with Gasteiger partial charge in [-0.1, -0.05) is 0 Å². The number of carboxylic acid groups (broad SMARTS) is 1. The lowest BCUT2D eigenvalue weighted by atomic mass is 10.1. The molecule has 0 unspecified atom stereocenters. The number of nitrogens with one attached hydrogen (secondary N) is 1. The number of aryl methyl sites for hydroxylation is 1. The molecule has 1 rings (SSSR count). The van der Waals surface area contributed by atoms with Gasteiger partial charge in [-0.3, -0.25) is 9.59 Å².